The second kappa shape index (κ2) is 3.25. The normalized spacial score (nSPS) is 21.3. The lowest BCUT2D eigenvalue weighted by atomic mass is 9.88. The Kier molecular flexibility index (Phi) is 2.17. The molecule has 1 aromatic rings. The summed E-state index contributed by atoms with van der Waals surface area (Å²) in [6.45, 7) is 6.79. The van der Waals surface area contributed by atoms with Gasteiger partial charge in [-0.3, -0.25) is 5.10 Å². The number of carbonyl (C=O) groups excluding carboxylic acids is 1. The quantitative estimate of drug-likeness (QED) is 0.736. The molecule has 1 unspecified atom stereocenters. The van der Waals surface area contributed by atoms with Crippen LogP contribution in [0, 0.1) is 0 Å². The van der Waals surface area contributed by atoms with Crippen LogP contribution in [0.25, 0.3) is 0 Å². The van der Waals surface area contributed by atoms with E-state index in [-0.39, 0.29) is 17.6 Å². The van der Waals surface area contributed by atoms with Crippen molar-refractivity contribution in [3.8, 4) is 0 Å². The molecule has 0 bridgehead atoms. The number of H-pyrrole nitrogens is 1. The topological polar surface area (TPSA) is 67.0 Å². The Morgan fingerprint density at radius 3 is 2.80 bits per heavy atom. The van der Waals surface area contributed by atoms with Crippen LogP contribution in [-0.4, -0.2) is 22.8 Å². The fraction of sp³-hybridized carbons (Fsp3) is 0.600. The van der Waals surface area contributed by atoms with E-state index < -0.39 is 0 Å². The molecule has 15 heavy (non-hydrogen) atoms. The van der Waals surface area contributed by atoms with Crippen molar-refractivity contribution in [2.75, 3.05) is 6.54 Å². The minimum absolute atomic E-state index is 0.0270. The first-order chi connectivity index (χ1) is 6.98. The molecule has 5 nitrogen and oxygen atoms in total. The molecule has 2 N–H and O–H groups in total. The highest BCUT2D eigenvalue weighted by molar-refractivity contribution is 5.69. The maximum Gasteiger partial charge on any atom is 0.407 e. The number of alkyl carbamates (subject to hydrolysis) is 1. The number of carbonyl (C=O) groups is 1. The molecule has 0 saturated carbocycles. The molecule has 1 aromatic heterocycles. The Hall–Kier alpha value is -1.52. The number of hydrogen-bond acceptors (Lipinski definition) is 3. The van der Waals surface area contributed by atoms with E-state index in [1.807, 2.05) is 0 Å². The van der Waals surface area contributed by atoms with E-state index >= 15 is 0 Å². The molecule has 0 aromatic carbocycles. The van der Waals surface area contributed by atoms with Crippen LogP contribution >= 0.6 is 0 Å². The van der Waals surface area contributed by atoms with E-state index in [0.29, 0.717) is 6.54 Å². The molecule has 1 aliphatic rings. The maximum absolute atomic E-state index is 10.9. The fourth-order valence-corrected chi connectivity index (χ4v) is 1.70. The molecule has 1 saturated heterocycles. The Morgan fingerprint density at radius 2 is 2.27 bits per heavy atom. The predicted molar refractivity (Wildman–Crippen MR) is 54.5 cm³/mol. The van der Waals surface area contributed by atoms with Crippen molar-refractivity contribution in [3.63, 3.8) is 0 Å². The van der Waals surface area contributed by atoms with E-state index in [1.165, 1.54) is 0 Å². The molecular formula is C10H15N3O2. The third kappa shape index (κ3) is 1.82. The third-order valence-corrected chi connectivity index (χ3v) is 2.45. The summed E-state index contributed by atoms with van der Waals surface area (Å²) in [5.41, 5.74) is 1.95. The van der Waals surface area contributed by atoms with E-state index in [1.54, 1.807) is 6.20 Å². The molecule has 2 heterocycles. The van der Waals surface area contributed by atoms with Gasteiger partial charge in [0.05, 0.1) is 12.7 Å². The number of nitrogens with zero attached hydrogens (tertiary/aromatic N) is 1. The summed E-state index contributed by atoms with van der Waals surface area (Å²) < 4.78 is 5.13. The minimum atomic E-state index is -0.360. The number of cyclic esters (lactones) is 1. The highest BCUT2D eigenvalue weighted by Gasteiger charge is 2.31. The Morgan fingerprint density at radius 1 is 1.53 bits per heavy atom. The first kappa shape index (κ1) is 10.0. The van der Waals surface area contributed by atoms with Gasteiger partial charge in [0.1, 0.15) is 6.10 Å². The summed E-state index contributed by atoms with van der Waals surface area (Å²) in [5, 5.41) is 9.62. The second-order valence-corrected chi connectivity index (χ2v) is 4.73. The highest BCUT2D eigenvalue weighted by Crippen LogP contribution is 2.30. The van der Waals surface area contributed by atoms with Crippen molar-refractivity contribution < 1.29 is 9.53 Å². The Labute approximate surface area is 88.2 Å². The van der Waals surface area contributed by atoms with Crippen LogP contribution in [0.2, 0.25) is 0 Å². The molecule has 1 fully saturated rings. The summed E-state index contributed by atoms with van der Waals surface area (Å²) in [7, 11) is 0. The van der Waals surface area contributed by atoms with Crippen LogP contribution in [0.1, 0.15) is 38.1 Å². The second-order valence-electron chi connectivity index (χ2n) is 4.73. The monoisotopic (exact) mass is 209 g/mol. The van der Waals surface area contributed by atoms with Gasteiger partial charge in [-0.05, 0) is 0 Å². The van der Waals surface area contributed by atoms with Gasteiger partial charge >= 0.3 is 6.09 Å². The van der Waals surface area contributed by atoms with Crippen LogP contribution in [0.4, 0.5) is 4.79 Å². The third-order valence-electron chi connectivity index (χ3n) is 2.45. The number of aromatic amines is 1. The lowest BCUT2D eigenvalue weighted by Gasteiger charge is -2.19. The summed E-state index contributed by atoms with van der Waals surface area (Å²) in [5.74, 6) is 0. The average molecular weight is 209 g/mol. The summed E-state index contributed by atoms with van der Waals surface area (Å²) >= 11 is 0. The maximum atomic E-state index is 10.9. The number of nitrogens with one attached hydrogen (secondary N) is 2. The van der Waals surface area contributed by atoms with Crippen LogP contribution in [-0.2, 0) is 10.2 Å². The van der Waals surface area contributed by atoms with E-state index in [2.05, 4.69) is 36.3 Å². The standard InChI is InChI=1S/C10H15N3O2/c1-10(2,3)8-6(4-12-13-8)7-5-11-9(14)15-7/h4,7H,5H2,1-3H3,(H,11,14)(H,12,13). The average Bonchev–Trinajstić information content (AvgIpc) is 2.68. The molecule has 2 rings (SSSR count). The number of aromatic nitrogens is 2. The van der Waals surface area contributed by atoms with Crippen molar-refractivity contribution in [3.05, 3.63) is 17.5 Å². The first-order valence-corrected chi connectivity index (χ1v) is 4.96. The van der Waals surface area contributed by atoms with Gasteiger partial charge < -0.3 is 10.1 Å². The number of rotatable bonds is 1. The van der Waals surface area contributed by atoms with Gasteiger partial charge in [-0.1, -0.05) is 20.8 Å². The van der Waals surface area contributed by atoms with Gasteiger partial charge in [-0.15, -0.1) is 0 Å². The van der Waals surface area contributed by atoms with Gasteiger partial charge in [0.2, 0.25) is 0 Å². The lowest BCUT2D eigenvalue weighted by molar-refractivity contribution is 0.140. The zero-order valence-corrected chi connectivity index (χ0v) is 9.13. The SMILES string of the molecule is CC(C)(C)c1[nH]ncc1C1CNC(=O)O1. The van der Waals surface area contributed by atoms with Gasteiger partial charge in [-0.25, -0.2) is 4.79 Å². The van der Waals surface area contributed by atoms with E-state index in [4.69, 9.17) is 4.74 Å². The highest BCUT2D eigenvalue weighted by atomic mass is 16.6. The van der Waals surface area contributed by atoms with E-state index in [0.717, 1.165) is 11.3 Å². The lowest BCUT2D eigenvalue weighted by Crippen LogP contribution is -2.17. The van der Waals surface area contributed by atoms with Gasteiger partial charge in [-0.2, -0.15) is 5.10 Å². The van der Waals surface area contributed by atoms with E-state index in [9.17, 15) is 4.79 Å². The zero-order valence-electron chi connectivity index (χ0n) is 9.13. The van der Waals surface area contributed by atoms with Crippen molar-refractivity contribution in [2.45, 2.75) is 32.3 Å². The molecule has 1 amide bonds. The van der Waals surface area contributed by atoms with Gasteiger partial charge in [0.15, 0.2) is 0 Å². The van der Waals surface area contributed by atoms with Crippen molar-refractivity contribution in [1.82, 2.24) is 15.5 Å². The number of ether oxygens (including phenoxy) is 1. The Balaban J connectivity index is 2.29. The molecule has 1 aliphatic heterocycles. The van der Waals surface area contributed by atoms with Crippen LogP contribution in [0.5, 0.6) is 0 Å². The molecule has 1 atom stereocenters. The molecular weight excluding hydrogens is 194 g/mol. The Bertz CT molecular complexity index is 378. The molecule has 0 radical (unpaired) electrons. The summed E-state index contributed by atoms with van der Waals surface area (Å²) in [6, 6.07) is 0. The molecule has 82 valence electrons. The van der Waals surface area contributed by atoms with Crippen LogP contribution in [0.3, 0.4) is 0 Å². The van der Waals surface area contributed by atoms with Crippen molar-refractivity contribution in [2.24, 2.45) is 0 Å². The summed E-state index contributed by atoms with van der Waals surface area (Å²) in [6.07, 6.45) is 1.15. The van der Waals surface area contributed by atoms with Crippen molar-refractivity contribution >= 4 is 6.09 Å². The smallest absolute Gasteiger partial charge is 0.407 e. The van der Waals surface area contributed by atoms with Crippen LogP contribution < -0.4 is 5.32 Å². The zero-order chi connectivity index (χ0) is 11.1. The van der Waals surface area contributed by atoms with Gasteiger partial charge in [0.25, 0.3) is 0 Å². The molecule has 0 spiro atoms. The molecule has 5 heteroatoms. The number of amides is 1. The number of hydrogen-bond donors (Lipinski definition) is 2. The van der Waals surface area contributed by atoms with Crippen LogP contribution in [0.15, 0.2) is 6.20 Å². The van der Waals surface area contributed by atoms with Crippen molar-refractivity contribution in [1.29, 1.82) is 0 Å². The minimum Gasteiger partial charge on any atom is -0.439 e. The van der Waals surface area contributed by atoms with Gasteiger partial charge in [0, 0.05) is 16.7 Å². The summed E-state index contributed by atoms with van der Waals surface area (Å²) in [4.78, 5) is 10.9. The molecule has 0 aliphatic carbocycles. The first-order valence-electron chi connectivity index (χ1n) is 4.96. The fourth-order valence-electron chi connectivity index (χ4n) is 1.70. The predicted octanol–water partition coefficient (Wildman–Crippen LogP) is 1.49. The largest absolute Gasteiger partial charge is 0.439 e.